The predicted octanol–water partition coefficient (Wildman–Crippen LogP) is 4.51. The maximum Gasteiger partial charge on any atom is 0.338 e. The van der Waals surface area contributed by atoms with Gasteiger partial charge in [0.25, 0.3) is 0 Å². The lowest BCUT2D eigenvalue weighted by atomic mass is 10.2. The first kappa shape index (κ1) is 16.9. The first-order valence-electron chi connectivity index (χ1n) is 8.49. The van der Waals surface area contributed by atoms with Gasteiger partial charge >= 0.3 is 5.97 Å². The smallest absolute Gasteiger partial charge is 0.338 e. The predicted molar refractivity (Wildman–Crippen MR) is 102 cm³/mol. The molecule has 0 aliphatic carbocycles. The van der Waals surface area contributed by atoms with Crippen LogP contribution in [-0.2, 0) is 11.3 Å². The number of carbonyl (C=O) groups excluding carboxylic acids is 1. The highest BCUT2D eigenvalue weighted by atomic mass is 16.5. The number of carbonyl (C=O) groups is 1. The third-order valence-corrected chi connectivity index (χ3v) is 4.18. The summed E-state index contributed by atoms with van der Waals surface area (Å²) in [6.45, 7) is 0.0226. The molecule has 0 radical (unpaired) electrons. The fourth-order valence-corrected chi connectivity index (χ4v) is 2.73. The van der Waals surface area contributed by atoms with Crippen molar-refractivity contribution in [2.24, 2.45) is 0 Å². The number of fused-ring (bicyclic) bond motifs is 1. The molecule has 136 valence electrons. The molecule has 2 aromatic carbocycles. The van der Waals surface area contributed by atoms with Gasteiger partial charge in [0.2, 0.25) is 5.76 Å². The highest BCUT2D eigenvalue weighted by Crippen LogP contribution is 2.28. The Labute approximate surface area is 155 Å². The molecule has 2 heterocycles. The SMILES string of the molecule is CN(C)c1cccc(C(=O)OCc2cc(-c3cc4ccccc4o3)on2)c1. The van der Waals surface area contributed by atoms with Gasteiger partial charge < -0.3 is 18.6 Å². The third kappa shape index (κ3) is 3.55. The van der Waals surface area contributed by atoms with E-state index in [1.54, 1.807) is 18.2 Å². The van der Waals surface area contributed by atoms with Crippen molar-refractivity contribution in [2.75, 3.05) is 19.0 Å². The van der Waals surface area contributed by atoms with E-state index in [0.717, 1.165) is 16.7 Å². The number of para-hydroxylation sites is 1. The number of furan rings is 1. The minimum Gasteiger partial charge on any atom is -0.455 e. The van der Waals surface area contributed by atoms with Crippen LogP contribution >= 0.6 is 0 Å². The molecule has 0 N–H and O–H groups in total. The second-order valence-electron chi connectivity index (χ2n) is 6.35. The van der Waals surface area contributed by atoms with Gasteiger partial charge in [-0.15, -0.1) is 0 Å². The van der Waals surface area contributed by atoms with Gasteiger partial charge in [0.15, 0.2) is 5.76 Å². The van der Waals surface area contributed by atoms with E-state index in [9.17, 15) is 4.79 Å². The van der Waals surface area contributed by atoms with Crippen LogP contribution in [0, 0.1) is 0 Å². The highest BCUT2D eigenvalue weighted by molar-refractivity contribution is 5.90. The average molecular weight is 362 g/mol. The van der Waals surface area contributed by atoms with Crippen LogP contribution < -0.4 is 4.90 Å². The molecule has 0 fully saturated rings. The Balaban J connectivity index is 1.45. The van der Waals surface area contributed by atoms with E-state index in [1.807, 2.05) is 61.5 Å². The van der Waals surface area contributed by atoms with Crippen molar-refractivity contribution in [1.82, 2.24) is 5.16 Å². The van der Waals surface area contributed by atoms with Crippen LogP contribution in [0.2, 0.25) is 0 Å². The van der Waals surface area contributed by atoms with Gasteiger partial charge in [0.1, 0.15) is 17.9 Å². The van der Waals surface area contributed by atoms with E-state index < -0.39 is 5.97 Å². The van der Waals surface area contributed by atoms with Crippen LogP contribution in [0.3, 0.4) is 0 Å². The molecular weight excluding hydrogens is 344 g/mol. The summed E-state index contributed by atoms with van der Waals surface area (Å²) in [6, 6.07) is 18.5. The van der Waals surface area contributed by atoms with Gasteiger partial charge in [-0.3, -0.25) is 0 Å². The zero-order valence-electron chi connectivity index (χ0n) is 15.0. The number of hydrogen-bond donors (Lipinski definition) is 0. The third-order valence-electron chi connectivity index (χ3n) is 4.18. The minimum absolute atomic E-state index is 0.0226. The number of nitrogens with zero attached hydrogens (tertiary/aromatic N) is 2. The van der Waals surface area contributed by atoms with Crippen LogP contribution in [0.4, 0.5) is 5.69 Å². The Bertz CT molecular complexity index is 1060. The molecule has 6 heteroatoms. The van der Waals surface area contributed by atoms with Gasteiger partial charge in [0, 0.05) is 31.2 Å². The lowest BCUT2D eigenvalue weighted by molar-refractivity contribution is 0.0464. The van der Waals surface area contributed by atoms with Crippen molar-refractivity contribution in [3.8, 4) is 11.5 Å². The van der Waals surface area contributed by atoms with E-state index in [-0.39, 0.29) is 6.61 Å². The standard InChI is InChI=1S/C21H18N2O4/c1-23(2)17-8-5-7-15(10-17)21(24)25-13-16-12-20(27-22-16)19-11-14-6-3-4-9-18(14)26-19/h3-12H,13H2,1-2H3. The monoisotopic (exact) mass is 362 g/mol. The summed E-state index contributed by atoms with van der Waals surface area (Å²) in [5.41, 5.74) is 2.71. The number of esters is 1. The fourth-order valence-electron chi connectivity index (χ4n) is 2.73. The van der Waals surface area contributed by atoms with Crippen molar-refractivity contribution in [3.63, 3.8) is 0 Å². The Hall–Kier alpha value is -3.54. The lowest BCUT2D eigenvalue weighted by Crippen LogP contribution is -2.11. The number of hydrogen-bond acceptors (Lipinski definition) is 6. The van der Waals surface area contributed by atoms with Crippen molar-refractivity contribution in [2.45, 2.75) is 6.61 Å². The molecule has 0 saturated heterocycles. The molecule has 0 amide bonds. The van der Waals surface area contributed by atoms with Gasteiger partial charge in [-0.05, 0) is 30.3 Å². The summed E-state index contributed by atoms with van der Waals surface area (Å²) in [4.78, 5) is 14.2. The zero-order valence-corrected chi connectivity index (χ0v) is 15.0. The molecule has 4 aromatic rings. The molecular formula is C21H18N2O4. The van der Waals surface area contributed by atoms with Crippen molar-refractivity contribution in [3.05, 3.63) is 71.9 Å². The molecule has 2 aromatic heterocycles. The Kier molecular flexibility index (Phi) is 4.38. The van der Waals surface area contributed by atoms with Crippen LogP contribution in [0.15, 0.2) is 69.6 Å². The van der Waals surface area contributed by atoms with Crippen molar-refractivity contribution in [1.29, 1.82) is 0 Å². The maximum absolute atomic E-state index is 12.3. The summed E-state index contributed by atoms with van der Waals surface area (Å²) < 4.78 is 16.4. The topological polar surface area (TPSA) is 68.7 Å². The fraction of sp³-hybridized carbons (Fsp3) is 0.143. The number of rotatable bonds is 5. The largest absolute Gasteiger partial charge is 0.455 e. The molecule has 27 heavy (non-hydrogen) atoms. The van der Waals surface area contributed by atoms with E-state index in [4.69, 9.17) is 13.7 Å². The maximum atomic E-state index is 12.3. The second kappa shape index (κ2) is 6.99. The first-order chi connectivity index (χ1) is 13.1. The molecule has 0 unspecified atom stereocenters. The van der Waals surface area contributed by atoms with E-state index in [1.165, 1.54) is 0 Å². The van der Waals surface area contributed by atoms with E-state index in [0.29, 0.717) is 22.8 Å². The summed E-state index contributed by atoms with van der Waals surface area (Å²) in [5.74, 6) is 0.666. The molecule has 0 spiro atoms. The molecule has 0 atom stereocenters. The zero-order chi connectivity index (χ0) is 18.8. The van der Waals surface area contributed by atoms with Gasteiger partial charge in [-0.2, -0.15) is 0 Å². The van der Waals surface area contributed by atoms with Gasteiger partial charge in [-0.25, -0.2) is 4.79 Å². The summed E-state index contributed by atoms with van der Waals surface area (Å²) in [6.07, 6.45) is 0. The second-order valence-corrected chi connectivity index (χ2v) is 6.35. The van der Waals surface area contributed by atoms with Crippen LogP contribution in [-0.4, -0.2) is 25.2 Å². The minimum atomic E-state index is -0.410. The number of anilines is 1. The van der Waals surface area contributed by atoms with Crippen LogP contribution in [0.1, 0.15) is 16.1 Å². The Morgan fingerprint density at radius 3 is 2.70 bits per heavy atom. The Morgan fingerprint density at radius 2 is 1.89 bits per heavy atom. The van der Waals surface area contributed by atoms with Gasteiger partial charge in [0.05, 0.1) is 5.56 Å². The number of benzene rings is 2. The number of aromatic nitrogens is 1. The average Bonchev–Trinajstić information content (AvgIpc) is 3.32. The first-order valence-corrected chi connectivity index (χ1v) is 8.49. The molecule has 4 rings (SSSR count). The quantitative estimate of drug-likeness (QED) is 0.487. The summed E-state index contributed by atoms with van der Waals surface area (Å²) in [7, 11) is 3.83. The lowest BCUT2D eigenvalue weighted by Gasteiger charge is -2.13. The molecule has 0 aliphatic heterocycles. The van der Waals surface area contributed by atoms with E-state index in [2.05, 4.69) is 5.16 Å². The van der Waals surface area contributed by atoms with Crippen molar-refractivity contribution >= 4 is 22.6 Å². The molecule has 0 saturated carbocycles. The highest BCUT2D eigenvalue weighted by Gasteiger charge is 2.14. The molecule has 0 bridgehead atoms. The van der Waals surface area contributed by atoms with Crippen LogP contribution in [0.25, 0.3) is 22.5 Å². The Morgan fingerprint density at radius 1 is 1.04 bits per heavy atom. The van der Waals surface area contributed by atoms with Gasteiger partial charge in [-0.1, -0.05) is 29.4 Å². The van der Waals surface area contributed by atoms with E-state index >= 15 is 0 Å². The number of ether oxygens (including phenoxy) is 1. The van der Waals surface area contributed by atoms with Crippen molar-refractivity contribution < 1.29 is 18.5 Å². The summed E-state index contributed by atoms with van der Waals surface area (Å²) in [5, 5.41) is 4.94. The van der Waals surface area contributed by atoms with Crippen LogP contribution in [0.5, 0.6) is 0 Å². The molecule has 6 nitrogen and oxygen atoms in total. The summed E-state index contributed by atoms with van der Waals surface area (Å²) >= 11 is 0. The normalized spacial score (nSPS) is 10.9. The molecule has 0 aliphatic rings.